The molecule has 0 fully saturated rings. The number of aliphatic hydroxyl groups is 1. The number of rotatable bonds is 4. The van der Waals surface area contributed by atoms with E-state index in [4.69, 9.17) is 4.42 Å². The largest absolute Gasteiger partial charge is 0.416 e. The van der Waals surface area contributed by atoms with Gasteiger partial charge < -0.3 is 14.8 Å². The van der Waals surface area contributed by atoms with Crippen LogP contribution in [0.1, 0.15) is 38.2 Å². The molecule has 2 rings (SSSR count). The van der Waals surface area contributed by atoms with Gasteiger partial charge in [0.25, 0.3) is 0 Å². The van der Waals surface area contributed by atoms with Crippen LogP contribution < -0.4 is 11.1 Å². The van der Waals surface area contributed by atoms with Crippen LogP contribution >= 0.6 is 0 Å². The molecule has 1 aromatic heterocycles. The minimum absolute atomic E-state index is 0.0732. The number of anilines is 1. The van der Waals surface area contributed by atoms with Crippen LogP contribution in [0, 0.1) is 0 Å². The molecule has 0 aliphatic carbocycles. The molecule has 3 N–H and O–H groups in total. The van der Waals surface area contributed by atoms with Crippen molar-refractivity contribution in [3.63, 3.8) is 0 Å². The van der Waals surface area contributed by atoms with Gasteiger partial charge >= 0.3 is 5.76 Å². The zero-order valence-electron chi connectivity index (χ0n) is 11.9. The van der Waals surface area contributed by atoms with Gasteiger partial charge in [-0.05, 0) is 23.1 Å². The molecular weight excluding hydrogens is 256 g/mol. The quantitative estimate of drug-likeness (QED) is 0.801. The van der Waals surface area contributed by atoms with E-state index >= 15 is 0 Å². The van der Waals surface area contributed by atoms with E-state index in [1.807, 2.05) is 12.1 Å². The summed E-state index contributed by atoms with van der Waals surface area (Å²) in [7, 11) is 0. The highest BCUT2D eigenvalue weighted by Crippen LogP contribution is 2.24. The van der Waals surface area contributed by atoms with Crippen LogP contribution in [0.4, 0.5) is 5.69 Å². The van der Waals surface area contributed by atoms with Crippen LogP contribution in [0.2, 0.25) is 0 Å². The van der Waals surface area contributed by atoms with Crippen molar-refractivity contribution in [2.45, 2.75) is 32.3 Å². The van der Waals surface area contributed by atoms with Gasteiger partial charge in [0.15, 0.2) is 5.76 Å². The number of H-pyrrole nitrogens is 1. The molecule has 1 aromatic carbocycles. The first kappa shape index (κ1) is 14.4. The molecule has 0 amide bonds. The topological polar surface area (TPSA) is 78.3 Å². The molecule has 20 heavy (non-hydrogen) atoms. The third-order valence-electron chi connectivity index (χ3n) is 3.10. The van der Waals surface area contributed by atoms with Crippen molar-refractivity contribution in [1.29, 1.82) is 0 Å². The summed E-state index contributed by atoms with van der Waals surface area (Å²) in [5.74, 6) is -0.330. The Morgan fingerprint density at radius 2 is 2.15 bits per heavy atom. The summed E-state index contributed by atoms with van der Waals surface area (Å²) in [6.07, 6.45) is 0.507. The molecule has 0 spiro atoms. The zero-order valence-corrected chi connectivity index (χ0v) is 11.9. The van der Waals surface area contributed by atoms with Crippen molar-refractivity contribution in [3.05, 3.63) is 52.3 Å². The van der Waals surface area contributed by atoms with E-state index in [0.29, 0.717) is 0 Å². The summed E-state index contributed by atoms with van der Waals surface area (Å²) in [6.45, 7) is 6.72. The first-order valence-corrected chi connectivity index (χ1v) is 6.57. The van der Waals surface area contributed by atoms with E-state index in [1.54, 1.807) is 0 Å². The standard InChI is InChI=1S/C15H20N2O3/c1-15(2,3)10-5-4-6-11(7-10)16-8-12(18)13-9-17-14(19)20-13/h4-7,9,12,16,18H,8H2,1-3H3,(H,17,19). The fourth-order valence-corrected chi connectivity index (χ4v) is 1.87. The maximum atomic E-state index is 10.9. The fourth-order valence-electron chi connectivity index (χ4n) is 1.87. The van der Waals surface area contributed by atoms with E-state index in [9.17, 15) is 9.90 Å². The minimum Gasteiger partial charge on any atom is -0.410 e. The van der Waals surface area contributed by atoms with Gasteiger partial charge in [-0.25, -0.2) is 4.79 Å². The average Bonchev–Trinajstić information content (AvgIpc) is 2.82. The van der Waals surface area contributed by atoms with Crippen molar-refractivity contribution in [3.8, 4) is 0 Å². The number of aromatic nitrogens is 1. The van der Waals surface area contributed by atoms with Gasteiger partial charge in [0, 0.05) is 18.4 Å². The second kappa shape index (κ2) is 5.54. The molecular formula is C15H20N2O3. The summed E-state index contributed by atoms with van der Waals surface area (Å²) in [5.41, 5.74) is 2.21. The third kappa shape index (κ3) is 3.51. The molecule has 0 aliphatic rings. The minimum atomic E-state index is -0.868. The number of aromatic amines is 1. The number of benzene rings is 1. The molecule has 1 atom stereocenters. The molecule has 1 unspecified atom stereocenters. The Hall–Kier alpha value is -2.01. The van der Waals surface area contributed by atoms with Crippen molar-refractivity contribution < 1.29 is 9.52 Å². The lowest BCUT2D eigenvalue weighted by Gasteiger charge is -2.20. The lowest BCUT2D eigenvalue weighted by Crippen LogP contribution is -2.14. The normalized spacial score (nSPS) is 13.2. The first-order chi connectivity index (χ1) is 9.36. The molecule has 0 saturated carbocycles. The Labute approximate surface area is 117 Å². The lowest BCUT2D eigenvalue weighted by atomic mass is 9.87. The predicted molar refractivity (Wildman–Crippen MR) is 77.9 cm³/mol. The summed E-state index contributed by atoms with van der Waals surface area (Å²) in [6, 6.07) is 8.05. The molecule has 0 saturated heterocycles. The van der Waals surface area contributed by atoms with Gasteiger partial charge in [0.05, 0.1) is 0 Å². The molecule has 1 heterocycles. The second-order valence-corrected chi connectivity index (χ2v) is 5.81. The molecule has 0 radical (unpaired) electrons. The van der Waals surface area contributed by atoms with Crippen LogP contribution in [0.5, 0.6) is 0 Å². The average molecular weight is 276 g/mol. The molecule has 5 nitrogen and oxygen atoms in total. The van der Waals surface area contributed by atoms with E-state index in [2.05, 4.69) is 43.2 Å². The SMILES string of the molecule is CC(C)(C)c1cccc(NCC(O)c2c[nH]c(=O)o2)c1. The first-order valence-electron chi connectivity index (χ1n) is 6.57. The van der Waals surface area contributed by atoms with Crippen molar-refractivity contribution >= 4 is 5.69 Å². The van der Waals surface area contributed by atoms with Crippen LogP contribution in [0.3, 0.4) is 0 Å². The number of hydrogen-bond acceptors (Lipinski definition) is 4. The van der Waals surface area contributed by atoms with Gasteiger partial charge in [0.2, 0.25) is 0 Å². The Balaban J connectivity index is 2.02. The van der Waals surface area contributed by atoms with Crippen molar-refractivity contribution in [2.75, 3.05) is 11.9 Å². The van der Waals surface area contributed by atoms with Crippen molar-refractivity contribution in [2.24, 2.45) is 0 Å². The predicted octanol–water partition coefficient (Wildman–Crippen LogP) is 2.41. The number of nitrogens with one attached hydrogen (secondary N) is 2. The van der Waals surface area contributed by atoms with E-state index < -0.39 is 11.9 Å². The highest BCUT2D eigenvalue weighted by molar-refractivity contribution is 5.47. The number of hydrogen-bond donors (Lipinski definition) is 3. The number of aliphatic hydroxyl groups excluding tert-OH is 1. The van der Waals surface area contributed by atoms with Gasteiger partial charge in [-0.1, -0.05) is 32.9 Å². The highest BCUT2D eigenvalue weighted by Gasteiger charge is 2.15. The van der Waals surface area contributed by atoms with E-state index in [0.717, 1.165) is 5.69 Å². The Kier molecular flexibility index (Phi) is 3.99. The summed E-state index contributed by atoms with van der Waals surface area (Å²) in [5, 5.41) is 13.0. The van der Waals surface area contributed by atoms with Gasteiger partial charge in [0.1, 0.15) is 6.10 Å². The van der Waals surface area contributed by atoms with Crippen LogP contribution in [0.15, 0.2) is 39.7 Å². The monoisotopic (exact) mass is 276 g/mol. The maximum Gasteiger partial charge on any atom is 0.416 e. The summed E-state index contributed by atoms with van der Waals surface area (Å²) >= 11 is 0. The van der Waals surface area contributed by atoms with Crippen LogP contribution in [-0.2, 0) is 5.41 Å². The van der Waals surface area contributed by atoms with Crippen LogP contribution in [-0.4, -0.2) is 16.6 Å². The van der Waals surface area contributed by atoms with Gasteiger partial charge in [-0.3, -0.25) is 4.98 Å². The zero-order chi connectivity index (χ0) is 14.8. The molecule has 108 valence electrons. The third-order valence-corrected chi connectivity index (χ3v) is 3.10. The Morgan fingerprint density at radius 1 is 1.40 bits per heavy atom. The molecule has 0 aliphatic heterocycles. The lowest BCUT2D eigenvalue weighted by molar-refractivity contribution is 0.160. The highest BCUT2D eigenvalue weighted by atomic mass is 16.4. The van der Waals surface area contributed by atoms with Crippen LogP contribution in [0.25, 0.3) is 0 Å². The van der Waals surface area contributed by atoms with E-state index in [1.165, 1.54) is 11.8 Å². The maximum absolute atomic E-state index is 10.9. The smallest absolute Gasteiger partial charge is 0.410 e. The summed E-state index contributed by atoms with van der Waals surface area (Å²) < 4.78 is 4.81. The summed E-state index contributed by atoms with van der Waals surface area (Å²) in [4.78, 5) is 13.2. The molecule has 5 heteroatoms. The second-order valence-electron chi connectivity index (χ2n) is 5.81. The van der Waals surface area contributed by atoms with Crippen molar-refractivity contribution in [1.82, 2.24) is 4.98 Å². The van der Waals surface area contributed by atoms with Gasteiger partial charge in [-0.2, -0.15) is 0 Å². The fraction of sp³-hybridized carbons (Fsp3) is 0.400. The Morgan fingerprint density at radius 3 is 2.75 bits per heavy atom. The number of oxazole rings is 1. The Bertz CT molecular complexity index is 622. The van der Waals surface area contributed by atoms with Gasteiger partial charge in [-0.15, -0.1) is 0 Å². The molecule has 2 aromatic rings. The van der Waals surface area contributed by atoms with E-state index in [-0.39, 0.29) is 17.7 Å². The molecule has 0 bridgehead atoms.